The molecule has 1 heterocycles. The Morgan fingerprint density at radius 2 is 2.12 bits per heavy atom. The highest BCUT2D eigenvalue weighted by Crippen LogP contribution is 1.85. The lowest BCUT2D eigenvalue weighted by atomic mass is 10.4. The lowest BCUT2D eigenvalue weighted by molar-refractivity contribution is 0.0678. The van der Waals surface area contributed by atoms with Crippen LogP contribution in [0.5, 0.6) is 0 Å². The highest BCUT2D eigenvalue weighted by molar-refractivity contribution is 4.82. The van der Waals surface area contributed by atoms with Gasteiger partial charge in [-0.2, -0.15) is 0 Å². The molecule has 0 aliphatic heterocycles. The molecule has 0 bridgehead atoms. The van der Waals surface area contributed by atoms with Crippen molar-refractivity contribution in [3.8, 4) is 0 Å². The summed E-state index contributed by atoms with van der Waals surface area (Å²) in [6, 6.07) is 1.33. The summed E-state index contributed by atoms with van der Waals surface area (Å²) in [5.74, 6) is 0. The van der Waals surface area contributed by atoms with Gasteiger partial charge in [0.2, 0.25) is 0 Å². The molecular weight excluding hydrogens is 212 g/mol. The number of aromatic nitrogens is 2. The van der Waals surface area contributed by atoms with Gasteiger partial charge in [0.1, 0.15) is 0 Å². The maximum Gasteiger partial charge on any atom is 0.328 e. The molecule has 6 nitrogen and oxygen atoms in total. The van der Waals surface area contributed by atoms with E-state index in [0.29, 0.717) is 32.8 Å². The fraction of sp³-hybridized carbons (Fsp3) is 0.600. The van der Waals surface area contributed by atoms with Gasteiger partial charge in [0.05, 0.1) is 13.2 Å². The summed E-state index contributed by atoms with van der Waals surface area (Å²) < 4.78 is 11.2. The van der Waals surface area contributed by atoms with Gasteiger partial charge in [-0.3, -0.25) is 9.36 Å². The molecule has 0 atom stereocenters. The van der Waals surface area contributed by atoms with Crippen molar-refractivity contribution in [2.45, 2.75) is 13.0 Å². The zero-order chi connectivity index (χ0) is 11.8. The van der Waals surface area contributed by atoms with Crippen LogP contribution in [0.4, 0.5) is 0 Å². The Hall–Kier alpha value is -1.40. The number of H-pyrrole nitrogens is 1. The van der Waals surface area contributed by atoms with Gasteiger partial charge in [-0.1, -0.05) is 0 Å². The second-order valence-electron chi connectivity index (χ2n) is 3.23. The first-order chi connectivity index (χ1) is 7.75. The summed E-state index contributed by atoms with van der Waals surface area (Å²) in [6.45, 7) is 1.94. The number of hydrogen-bond donors (Lipinski definition) is 1. The molecule has 0 spiro atoms. The Morgan fingerprint density at radius 3 is 2.81 bits per heavy atom. The summed E-state index contributed by atoms with van der Waals surface area (Å²) in [6.07, 6.45) is 1.97. The van der Waals surface area contributed by atoms with Crippen molar-refractivity contribution < 1.29 is 9.47 Å². The predicted octanol–water partition coefficient (Wildman–Crippen LogP) is -0.410. The van der Waals surface area contributed by atoms with Crippen molar-refractivity contribution in [1.82, 2.24) is 9.55 Å². The maximum atomic E-state index is 11.3. The monoisotopic (exact) mass is 228 g/mol. The van der Waals surface area contributed by atoms with Gasteiger partial charge < -0.3 is 14.5 Å². The number of nitrogens with one attached hydrogen (secondary N) is 1. The van der Waals surface area contributed by atoms with E-state index in [9.17, 15) is 9.59 Å². The zero-order valence-corrected chi connectivity index (χ0v) is 9.27. The van der Waals surface area contributed by atoms with Crippen LogP contribution in [-0.2, 0) is 16.0 Å². The summed E-state index contributed by atoms with van der Waals surface area (Å²) in [4.78, 5) is 25.0. The Labute approximate surface area is 92.8 Å². The van der Waals surface area contributed by atoms with E-state index in [0.717, 1.165) is 4.57 Å². The zero-order valence-electron chi connectivity index (χ0n) is 9.27. The number of rotatable bonds is 7. The van der Waals surface area contributed by atoms with Crippen LogP contribution < -0.4 is 11.2 Å². The van der Waals surface area contributed by atoms with Crippen molar-refractivity contribution in [1.29, 1.82) is 0 Å². The van der Waals surface area contributed by atoms with Crippen molar-refractivity contribution in [2.24, 2.45) is 0 Å². The fourth-order valence-corrected chi connectivity index (χ4v) is 1.23. The summed E-state index contributed by atoms with van der Waals surface area (Å²) in [5.41, 5.74) is -0.676. The third-order valence-electron chi connectivity index (χ3n) is 2.05. The average molecular weight is 228 g/mol. The molecule has 0 aliphatic rings. The average Bonchev–Trinajstić information content (AvgIpc) is 2.26. The first-order valence-corrected chi connectivity index (χ1v) is 5.11. The van der Waals surface area contributed by atoms with E-state index in [1.54, 1.807) is 7.11 Å². The highest BCUT2D eigenvalue weighted by atomic mass is 16.5. The molecule has 90 valence electrons. The van der Waals surface area contributed by atoms with Crippen molar-refractivity contribution in [3.63, 3.8) is 0 Å². The van der Waals surface area contributed by atoms with Gasteiger partial charge in [-0.15, -0.1) is 0 Å². The van der Waals surface area contributed by atoms with Gasteiger partial charge in [-0.05, 0) is 6.42 Å². The molecule has 1 aromatic heterocycles. The van der Waals surface area contributed by atoms with Crippen LogP contribution in [-0.4, -0.2) is 36.5 Å². The molecule has 0 saturated heterocycles. The molecule has 0 unspecified atom stereocenters. The van der Waals surface area contributed by atoms with Crippen molar-refractivity contribution in [3.05, 3.63) is 33.1 Å². The molecule has 16 heavy (non-hydrogen) atoms. The van der Waals surface area contributed by atoms with E-state index in [2.05, 4.69) is 4.98 Å². The number of hydrogen-bond acceptors (Lipinski definition) is 4. The van der Waals surface area contributed by atoms with Crippen molar-refractivity contribution >= 4 is 0 Å². The number of methoxy groups -OCH3 is 1. The van der Waals surface area contributed by atoms with E-state index in [1.807, 2.05) is 0 Å². The minimum absolute atomic E-state index is 0.291. The Balaban J connectivity index is 2.32. The third-order valence-corrected chi connectivity index (χ3v) is 2.05. The van der Waals surface area contributed by atoms with Gasteiger partial charge in [0, 0.05) is 32.5 Å². The summed E-state index contributed by atoms with van der Waals surface area (Å²) in [5, 5.41) is 0. The van der Waals surface area contributed by atoms with E-state index in [1.165, 1.54) is 12.3 Å². The van der Waals surface area contributed by atoms with Gasteiger partial charge in [-0.25, -0.2) is 4.79 Å². The number of nitrogens with zero attached hydrogens (tertiary/aromatic N) is 1. The van der Waals surface area contributed by atoms with E-state index < -0.39 is 0 Å². The minimum Gasteiger partial charge on any atom is -0.382 e. The second kappa shape index (κ2) is 6.97. The third kappa shape index (κ3) is 4.00. The first kappa shape index (κ1) is 12.7. The Bertz CT molecular complexity index is 382. The summed E-state index contributed by atoms with van der Waals surface area (Å²) in [7, 11) is 1.60. The predicted molar refractivity (Wildman–Crippen MR) is 58.6 cm³/mol. The smallest absolute Gasteiger partial charge is 0.328 e. The van der Waals surface area contributed by atoms with Crippen LogP contribution in [0.3, 0.4) is 0 Å². The molecule has 0 fully saturated rings. The van der Waals surface area contributed by atoms with Crippen LogP contribution in [0.25, 0.3) is 0 Å². The topological polar surface area (TPSA) is 73.3 Å². The van der Waals surface area contributed by atoms with Crippen LogP contribution in [0, 0.1) is 0 Å². The molecule has 1 N–H and O–H groups in total. The fourth-order valence-electron chi connectivity index (χ4n) is 1.23. The standard InChI is InChI=1S/C10H16N2O4/c1-15-7-8-16-6-2-5-12-9(13)3-4-11-10(12)14/h3-4H,2,5-8H2,1H3,(H,11,14). The molecular formula is C10H16N2O4. The number of aromatic amines is 1. The summed E-state index contributed by atoms with van der Waals surface area (Å²) >= 11 is 0. The molecule has 0 aromatic carbocycles. The molecule has 0 amide bonds. The number of ether oxygens (including phenoxy) is 2. The highest BCUT2D eigenvalue weighted by Gasteiger charge is 1.99. The lowest BCUT2D eigenvalue weighted by Gasteiger charge is -2.04. The molecule has 1 rings (SSSR count). The molecule has 6 heteroatoms. The van der Waals surface area contributed by atoms with Gasteiger partial charge >= 0.3 is 5.69 Å². The van der Waals surface area contributed by atoms with E-state index in [-0.39, 0.29) is 11.2 Å². The normalized spacial score (nSPS) is 10.6. The van der Waals surface area contributed by atoms with Gasteiger partial charge in [0.25, 0.3) is 5.56 Å². The molecule has 0 aliphatic carbocycles. The van der Waals surface area contributed by atoms with E-state index in [4.69, 9.17) is 9.47 Å². The Morgan fingerprint density at radius 1 is 1.31 bits per heavy atom. The molecule has 0 radical (unpaired) electrons. The first-order valence-electron chi connectivity index (χ1n) is 5.11. The van der Waals surface area contributed by atoms with Crippen LogP contribution in [0.2, 0.25) is 0 Å². The maximum absolute atomic E-state index is 11.3. The van der Waals surface area contributed by atoms with Crippen LogP contribution in [0.1, 0.15) is 6.42 Å². The molecule has 0 saturated carbocycles. The van der Waals surface area contributed by atoms with Crippen LogP contribution >= 0.6 is 0 Å². The SMILES string of the molecule is COCCOCCCn1c(=O)cc[nH]c1=O. The van der Waals surface area contributed by atoms with Gasteiger partial charge in [0.15, 0.2) is 0 Å². The van der Waals surface area contributed by atoms with Crippen molar-refractivity contribution in [2.75, 3.05) is 26.9 Å². The van der Waals surface area contributed by atoms with Crippen LogP contribution in [0.15, 0.2) is 21.9 Å². The minimum atomic E-state index is -0.385. The quantitative estimate of drug-likeness (QED) is 0.644. The lowest BCUT2D eigenvalue weighted by Crippen LogP contribution is -2.34. The Kier molecular flexibility index (Phi) is 5.52. The second-order valence-corrected chi connectivity index (χ2v) is 3.23. The largest absolute Gasteiger partial charge is 0.382 e. The van der Waals surface area contributed by atoms with E-state index >= 15 is 0 Å². The molecule has 1 aromatic rings.